The fourth-order valence-corrected chi connectivity index (χ4v) is 2.57. The highest BCUT2D eigenvalue weighted by atomic mass is 19.4. The van der Waals surface area contributed by atoms with Crippen molar-refractivity contribution >= 4 is 11.4 Å². The molecule has 0 radical (unpaired) electrons. The van der Waals surface area contributed by atoms with E-state index in [2.05, 4.69) is 15.0 Å². The summed E-state index contributed by atoms with van der Waals surface area (Å²) in [5.41, 5.74) is 10.7. The van der Waals surface area contributed by atoms with Crippen LogP contribution in [0.2, 0.25) is 0 Å². The molecule has 1 heterocycles. The molecule has 1 aliphatic heterocycles. The predicted octanol–water partition coefficient (Wildman–Crippen LogP) is 5.02. The van der Waals surface area contributed by atoms with Crippen LogP contribution < -0.4 is 4.90 Å². The normalized spacial score (nSPS) is 14.0. The molecule has 0 bridgehead atoms. The van der Waals surface area contributed by atoms with Gasteiger partial charge in [-0.3, -0.25) is 0 Å². The number of anilines is 1. The van der Waals surface area contributed by atoms with E-state index in [-0.39, 0.29) is 5.82 Å². The molecule has 2 aromatic carbocycles. The fourth-order valence-electron chi connectivity index (χ4n) is 2.57. The lowest BCUT2D eigenvalue weighted by molar-refractivity contribution is -0.118. The molecule has 2 aromatic rings. The Hall–Kier alpha value is -3.25. The molecule has 0 aliphatic carbocycles. The summed E-state index contributed by atoms with van der Waals surface area (Å²) in [4.78, 5) is 7.97. The number of benzene rings is 2. The molecule has 0 fully saturated rings. The molecule has 8 heteroatoms. The summed E-state index contributed by atoms with van der Waals surface area (Å²) in [7, 11) is 0. The molecule has 0 unspecified atom stereocenters. The largest absolute Gasteiger partial charge is 0.406 e. The van der Waals surface area contributed by atoms with Crippen molar-refractivity contribution in [1.82, 2.24) is 0 Å². The standard InChI is InChI=1S/C17H12F3N5/c18-17(19,20)11-25-10-15(23-24-21)22-16(12-6-2-1-3-7-12)13-8-4-5-9-14(13)25/h1-10H,11H2. The van der Waals surface area contributed by atoms with Gasteiger partial charge in [0.2, 0.25) is 0 Å². The van der Waals surface area contributed by atoms with Crippen molar-refractivity contribution in [1.29, 1.82) is 0 Å². The average molecular weight is 343 g/mol. The minimum atomic E-state index is -4.43. The molecule has 5 nitrogen and oxygen atoms in total. The number of nitrogens with zero attached hydrogens (tertiary/aromatic N) is 5. The average Bonchev–Trinajstić information content (AvgIpc) is 2.72. The first-order valence-corrected chi connectivity index (χ1v) is 7.32. The number of hydrogen-bond donors (Lipinski definition) is 0. The summed E-state index contributed by atoms with van der Waals surface area (Å²) in [5.74, 6) is -0.137. The molecule has 126 valence electrons. The fraction of sp³-hybridized carbons (Fsp3) is 0.118. The zero-order valence-electron chi connectivity index (χ0n) is 12.9. The molecule has 25 heavy (non-hydrogen) atoms. The smallest absolute Gasteiger partial charge is 0.336 e. The van der Waals surface area contributed by atoms with Crippen LogP contribution in [0.1, 0.15) is 11.1 Å². The van der Waals surface area contributed by atoms with Gasteiger partial charge in [0.1, 0.15) is 12.4 Å². The van der Waals surface area contributed by atoms with Gasteiger partial charge in [-0.05, 0) is 16.7 Å². The van der Waals surface area contributed by atoms with Crippen LogP contribution in [0.5, 0.6) is 0 Å². The highest BCUT2D eigenvalue weighted by Crippen LogP contribution is 2.31. The van der Waals surface area contributed by atoms with E-state index in [0.29, 0.717) is 22.5 Å². The van der Waals surface area contributed by atoms with Gasteiger partial charge in [0, 0.05) is 22.2 Å². The van der Waals surface area contributed by atoms with Gasteiger partial charge in [0.25, 0.3) is 0 Å². The first kappa shape index (κ1) is 16.6. The molecule has 0 saturated heterocycles. The minimum Gasteiger partial charge on any atom is -0.336 e. The van der Waals surface area contributed by atoms with E-state index in [1.54, 1.807) is 48.5 Å². The van der Waals surface area contributed by atoms with Gasteiger partial charge in [-0.2, -0.15) is 13.2 Å². The maximum Gasteiger partial charge on any atom is 0.406 e. The van der Waals surface area contributed by atoms with Gasteiger partial charge in [0.15, 0.2) is 0 Å². The van der Waals surface area contributed by atoms with Gasteiger partial charge in [-0.1, -0.05) is 48.5 Å². The third kappa shape index (κ3) is 3.81. The predicted molar refractivity (Wildman–Crippen MR) is 89.2 cm³/mol. The number of halogens is 3. The monoisotopic (exact) mass is 343 g/mol. The summed E-state index contributed by atoms with van der Waals surface area (Å²) in [6.45, 7) is -1.22. The Morgan fingerprint density at radius 1 is 1.04 bits per heavy atom. The lowest BCUT2D eigenvalue weighted by atomic mass is 10.0. The van der Waals surface area contributed by atoms with Crippen molar-refractivity contribution in [2.45, 2.75) is 6.18 Å². The third-order valence-electron chi connectivity index (χ3n) is 3.51. The Bertz CT molecular complexity index is 881. The van der Waals surface area contributed by atoms with Crippen molar-refractivity contribution in [3.05, 3.63) is 88.2 Å². The number of aliphatic imine (C=N–C) groups is 1. The summed E-state index contributed by atoms with van der Waals surface area (Å²) >= 11 is 0. The molecular weight excluding hydrogens is 331 g/mol. The maximum absolute atomic E-state index is 13.0. The van der Waals surface area contributed by atoms with Crippen LogP contribution in [0.3, 0.4) is 0 Å². The Morgan fingerprint density at radius 2 is 1.72 bits per heavy atom. The summed E-state index contributed by atoms with van der Waals surface area (Å²) < 4.78 is 39.0. The summed E-state index contributed by atoms with van der Waals surface area (Å²) in [5, 5.41) is 3.43. The van der Waals surface area contributed by atoms with E-state index >= 15 is 0 Å². The minimum absolute atomic E-state index is 0.137. The van der Waals surface area contributed by atoms with Crippen molar-refractivity contribution in [3.8, 4) is 0 Å². The van der Waals surface area contributed by atoms with Crippen LogP contribution in [-0.4, -0.2) is 18.4 Å². The molecule has 0 spiro atoms. The summed E-state index contributed by atoms with van der Waals surface area (Å²) in [6.07, 6.45) is -3.32. The van der Waals surface area contributed by atoms with Crippen LogP contribution in [0.25, 0.3) is 10.4 Å². The second-order valence-corrected chi connectivity index (χ2v) is 5.26. The summed E-state index contributed by atoms with van der Waals surface area (Å²) in [6, 6.07) is 15.7. The lowest BCUT2D eigenvalue weighted by Gasteiger charge is -2.23. The Kier molecular flexibility index (Phi) is 4.45. The second-order valence-electron chi connectivity index (χ2n) is 5.26. The van der Waals surface area contributed by atoms with Crippen LogP contribution >= 0.6 is 0 Å². The zero-order valence-corrected chi connectivity index (χ0v) is 12.9. The first-order chi connectivity index (χ1) is 12.0. The Morgan fingerprint density at radius 3 is 2.40 bits per heavy atom. The molecule has 1 aliphatic rings. The van der Waals surface area contributed by atoms with Gasteiger partial charge < -0.3 is 4.90 Å². The van der Waals surface area contributed by atoms with Crippen LogP contribution in [0, 0.1) is 0 Å². The van der Waals surface area contributed by atoms with Crippen molar-refractivity contribution in [3.63, 3.8) is 0 Å². The topological polar surface area (TPSA) is 64.4 Å². The van der Waals surface area contributed by atoms with Crippen LogP contribution in [0.15, 0.2) is 76.7 Å². The van der Waals surface area contributed by atoms with E-state index in [1.807, 2.05) is 6.07 Å². The number of para-hydroxylation sites is 1. The highest BCUT2D eigenvalue weighted by Gasteiger charge is 2.32. The van der Waals surface area contributed by atoms with Gasteiger partial charge >= 0.3 is 6.18 Å². The van der Waals surface area contributed by atoms with Gasteiger partial charge in [-0.15, -0.1) is 0 Å². The molecular formula is C17H12F3N5. The SMILES string of the molecule is [N-]=[N+]=NC1=CN(CC(F)(F)F)c2ccccc2C(c2ccccc2)=N1. The van der Waals surface area contributed by atoms with Gasteiger partial charge in [0.05, 0.1) is 11.4 Å². The number of azide groups is 1. The van der Waals surface area contributed by atoms with Crippen molar-refractivity contribution < 1.29 is 13.2 Å². The second kappa shape index (κ2) is 6.70. The van der Waals surface area contributed by atoms with Gasteiger partial charge in [-0.25, -0.2) is 4.99 Å². The Labute approximate surface area is 141 Å². The number of fused-ring (bicyclic) bond motifs is 1. The molecule has 0 saturated carbocycles. The van der Waals surface area contributed by atoms with E-state index in [9.17, 15) is 13.2 Å². The number of alkyl halides is 3. The lowest BCUT2D eigenvalue weighted by Crippen LogP contribution is -2.31. The quantitative estimate of drug-likeness (QED) is 0.439. The molecule has 3 rings (SSSR count). The zero-order chi connectivity index (χ0) is 17.9. The van der Waals surface area contributed by atoms with Crippen LogP contribution in [-0.2, 0) is 0 Å². The molecule has 0 atom stereocenters. The maximum atomic E-state index is 13.0. The first-order valence-electron chi connectivity index (χ1n) is 7.32. The van der Waals surface area contributed by atoms with E-state index in [1.165, 1.54) is 0 Å². The van der Waals surface area contributed by atoms with E-state index in [0.717, 1.165) is 11.1 Å². The number of rotatable bonds is 3. The highest BCUT2D eigenvalue weighted by molar-refractivity contribution is 6.16. The Balaban J connectivity index is 2.21. The molecule has 0 amide bonds. The van der Waals surface area contributed by atoms with Crippen LogP contribution in [0.4, 0.5) is 18.9 Å². The molecule has 0 N–H and O–H groups in total. The van der Waals surface area contributed by atoms with Crippen molar-refractivity contribution in [2.75, 3.05) is 11.4 Å². The molecule has 0 aromatic heterocycles. The van der Waals surface area contributed by atoms with Crippen molar-refractivity contribution in [2.24, 2.45) is 10.1 Å². The van der Waals surface area contributed by atoms with E-state index in [4.69, 9.17) is 5.53 Å². The number of hydrogen-bond acceptors (Lipinski definition) is 3. The third-order valence-corrected chi connectivity index (χ3v) is 3.51. The van der Waals surface area contributed by atoms with E-state index < -0.39 is 12.7 Å².